The molecule has 3 amide bonds. The number of carboxylic acid groups (broad SMARTS) is 1. The van der Waals surface area contributed by atoms with Crippen molar-refractivity contribution in [2.75, 3.05) is 6.54 Å². The maximum atomic E-state index is 12.0. The van der Waals surface area contributed by atoms with Gasteiger partial charge in [-0.2, -0.15) is 0 Å². The SMILES string of the molecule is O=C(O)CC/C=C/CC1C(=O)NC(=O)N1CCC(O)C1CCCCC1. The number of nitrogens with one attached hydrogen (secondary N) is 1. The molecule has 0 aromatic rings. The monoisotopic (exact) mass is 352 g/mol. The van der Waals surface area contributed by atoms with Gasteiger partial charge in [0.2, 0.25) is 0 Å². The van der Waals surface area contributed by atoms with Crippen LogP contribution in [0.4, 0.5) is 4.79 Å². The van der Waals surface area contributed by atoms with Gasteiger partial charge in [0.15, 0.2) is 0 Å². The van der Waals surface area contributed by atoms with Gasteiger partial charge < -0.3 is 15.1 Å². The van der Waals surface area contributed by atoms with E-state index in [1.807, 2.05) is 0 Å². The largest absolute Gasteiger partial charge is 0.481 e. The molecule has 0 spiro atoms. The molecule has 2 rings (SSSR count). The first-order valence-electron chi connectivity index (χ1n) is 9.15. The van der Waals surface area contributed by atoms with Gasteiger partial charge in [0.1, 0.15) is 6.04 Å². The summed E-state index contributed by atoms with van der Waals surface area (Å²) < 4.78 is 0. The van der Waals surface area contributed by atoms with Crippen LogP contribution in [0.2, 0.25) is 0 Å². The van der Waals surface area contributed by atoms with Gasteiger partial charge in [-0.05, 0) is 38.0 Å². The number of amides is 3. The van der Waals surface area contributed by atoms with Crippen LogP contribution in [0.25, 0.3) is 0 Å². The van der Waals surface area contributed by atoms with Crippen molar-refractivity contribution in [3.05, 3.63) is 12.2 Å². The zero-order valence-corrected chi connectivity index (χ0v) is 14.5. The average Bonchev–Trinajstić information content (AvgIpc) is 2.86. The highest BCUT2D eigenvalue weighted by molar-refractivity contribution is 6.04. The molecule has 0 aromatic heterocycles. The number of imide groups is 1. The minimum atomic E-state index is -0.864. The van der Waals surface area contributed by atoms with Crippen LogP contribution in [0.15, 0.2) is 12.2 Å². The van der Waals surface area contributed by atoms with Crippen LogP contribution in [0.3, 0.4) is 0 Å². The van der Waals surface area contributed by atoms with Crippen molar-refractivity contribution in [2.24, 2.45) is 5.92 Å². The molecule has 1 aliphatic carbocycles. The number of urea groups is 1. The molecule has 1 saturated heterocycles. The Labute approximate surface area is 148 Å². The predicted molar refractivity (Wildman–Crippen MR) is 91.9 cm³/mol. The van der Waals surface area contributed by atoms with Gasteiger partial charge in [0.05, 0.1) is 6.10 Å². The van der Waals surface area contributed by atoms with Crippen LogP contribution in [0.1, 0.15) is 57.8 Å². The van der Waals surface area contributed by atoms with Crippen LogP contribution in [-0.4, -0.2) is 51.7 Å². The summed E-state index contributed by atoms with van der Waals surface area (Å²) in [6.45, 7) is 0.350. The topological polar surface area (TPSA) is 107 Å². The summed E-state index contributed by atoms with van der Waals surface area (Å²) >= 11 is 0. The zero-order chi connectivity index (χ0) is 18.2. The lowest BCUT2D eigenvalue weighted by molar-refractivity contribution is -0.136. The summed E-state index contributed by atoms with van der Waals surface area (Å²) in [5.74, 6) is -0.902. The van der Waals surface area contributed by atoms with Gasteiger partial charge in [0, 0.05) is 13.0 Å². The molecule has 140 valence electrons. The fourth-order valence-corrected chi connectivity index (χ4v) is 3.61. The van der Waals surface area contributed by atoms with Crippen LogP contribution >= 0.6 is 0 Å². The number of hydrogen-bond donors (Lipinski definition) is 3. The van der Waals surface area contributed by atoms with E-state index >= 15 is 0 Å². The van der Waals surface area contributed by atoms with E-state index in [0.717, 1.165) is 25.7 Å². The lowest BCUT2D eigenvalue weighted by Gasteiger charge is -2.28. The van der Waals surface area contributed by atoms with Gasteiger partial charge in [-0.15, -0.1) is 0 Å². The highest BCUT2D eigenvalue weighted by atomic mass is 16.4. The molecule has 1 aliphatic heterocycles. The van der Waals surface area contributed by atoms with Crippen LogP contribution in [0, 0.1) is 5.92 Å². The van der Waals surface area contributed by atoms with E-state index in [-0.39, 0.29) is 12.3 Å². The lowest BCUT2D eigenvalue weighted by atomic mass is 9.84. The third kappa shape index (κ3) is 5.85. The average molecular weight is 352 g/mol. The predicted octanol–water partition coefficient (Wildman–Crippen LogP) is 2.05. The number of allylic oxidation sites excluding steroid dienone is 1. The molecule has 1 saturated carbocycles. The van der Waals surface area contributed by atoms with Gasteiger partial charge in [0.25, 0.3) is 5.91 Å². The molecule has 7 heteroatoms. The number of hydrogen-bond acceptors (Lipinski definition) is 4. The molecule has 2 atom stereocenters. The van der Waals surface area contributed by atoms with Crippen molar-refractivity contribution in [2.45, 2.75) is 69.9 Å². The fourth-order valence-electron chi connectivity index (χ4n) is 3.61. The molecular weight excluding hydrogens is 324 g/mol. The van der Waals surface area contributed by atoms with E-state index in [1.165, 1.54) is 11.3 Å². The molecule has 0 bridgehead atoms. The highest BCUT2D eigenvalue weighted by Crippen LogP contribution is 2.28. The Bertz CT molecular complexity index is 514. The van der Waals surface area contributed by atoms with Gasteiger partial charge in [-0.25, -0.2) is 4.79 Å². The molecule has 7 nitrogen and oxygen atoms in total. The summed E-state index contributed by atoms with van der Waals surface area (Å²) in [5, 5.41) is 21.3. The first-order chi connectivity index (χ1) is 12.0. The Balaban J connectivity index is 1.82. The first-order valence-corrected chi connectivity index (χ1v) is 9.15. The van der Waals surface area contributed by atoms with Gasteiger partial charge in [-0.3, -0.25) is 14.9 Å². The quantitative estimate of drug-likeness (QED) is 0.435. The summed E-state index contributed by atoms with van der Waals surface area (Å²) in [7, 11) is 0. The summed E-state index contributed by atoms with van der Waals surface area (Å²) in [6, 6.07) is -0.989. The number of aliphatic hydroxyl groups excluding tert-OH is 1. The molecule has 2 unspecified atom stereocenters. The molecule has 0 aromatic carbocycles. The van der Waals surface area contributed by atoms with E-state index in [0.29, 0.717) is 31.7 Å². The van der Waals surface area contributed by atoms with Crippen molar-refractivity contribution in [3.8, 4) is 0 Å². The number of carboxylic acids is 1. The lowest BCUT2D eigenvalue weighted by Crippen LogP contribution is -2.38. The normalized spacial score (nSPS) is 23.2. The van der Waals surface area contributed by atoms with Crippen molar-refractivity contribution >= 4 is 17.9 Å². The Kier molecular flexibility index (Phi) is 7.43. The second kappa shape index (κ2) is 9.56. The van der Waals surface area contributed by atoms with Crippen LogP contribution in [0.5, 0.6) is 0 Å². The number of aliphatic hydroxyl groups is 1. The molecule has 25 heavy (non-hydrogen) atoms. The maximum Gasteiger partial charge on any atom is 0.324 e. The standard InChI is InChI=1S/C18H28N2O5/c21-15(13-7-3-1-4-8-13)11-12-20-14(17(24)19-18(20)25)9-5-2-6-10-16(22)23/h2,5,13-15,21H,1,3-4,6-12H2,(H,22,23)(H,19,24,25)/b5-2+. The van der Waals surface area contributed by atoms with E-state index in [2.05, 4.69) is 5.32 Å². The molecule has 2 aliphatic rings. The Morgan fingerprint density at radius 2 is 1.96 bits per heavy atom. The third-order valence-electron chi connectivity index (χ3n) is 5.08. The first kappa shape index (κ1) is 19.4. The number of carbonyl (C=O) groups excluding carboxylic acids is 2. The maximum absolute atomic E-state index is 12.0. The van der Waals surface area contributed by atoms with Crippen LogP contribution in [-0.2, 0) is 9.59 Å². The zero-order valence-electron chi connectivity index (χ0n) is 14.5. The smallest absolute Gasteiger partial charge is 0.324 e. The van der Waals surface area contributed by atoms with E-state index in [1.54, 1.807) is 12.2 Å². The summed E-state index contributed by atoms with van der Waals surface area (Å²) in [5.41, 5.74) is 0. The van der Waals surface area contributed by atoms with Crippen molar-refractivity contribution in [1.29, 1.82) is 0 Å². The van der Waals surface area contributed by atoms with E-state index in [9.17, 15) is 19.5 Å². The Morgan fingerprint density at radius 3 is 2.64 bits per heavy atom. The number of rotatable bonds is 9. The summed E-state index contributed by atoms with van der Waals surface area (Å²) in [6.07, 6.45) is 9.89. The molecule has 2 fully saturated rings. The second-order valence-electron chi connectivity index (χ2n) is 6.90. The van der Waals surface area contributed by atoms with Crippen LogP contribution < -0.4 is 5.32 Å². The number of nitrogens with zero attached hydrogens (tertiary/aromatic N) is 1. The molecule has 3 N–H and O–H groups in total. The number of carbonyl (C=O) groups is 3. The van der Waals surface area contributed by atoms with Crippen molar-refractivity contribution < 1.29 is 24.6 Å². The van der Waals surface area contributed by atoms with E-state index < -0.39 is 24.1 Å². The van der Waals surface area contributed by atoms with Gasteiger partial charge >= 0.3 is 12.0 Å². The minimum Gasteiger partial charge on any atom is -0.481 e. The Hall–Kier alpha value is -1.89. The van der Waals surface area contributed by atoms with Crippen molar-refractivity contribution in [1.82, 2.24) is 10.2 Å². The second-order valence-corrected chi connectivity index (χ2v) is 6.90. The van der Waals surface area contributed by atoms with E-state index in [4.69, 9.17) is 5.11 Å². The fraction of sp³-hybridized carbons (Fsp3) is 0.722. The Morgan fingerprint density at radius 1 is 1.24 bits per heavy atom. The molecule has 0 radical (unpaired) electrons. The van der Waals surface area contributed by atoms with Gasteiger partial charge in [-0.1, -0.05) is 31.4 Å². The van der Waals surface area contributed by atoms with Crippen molar-refractivity contribution in [3.63, 3.8) is 0 Å². The summed E-state index contributed by atoms with van der Waals surface area (Å²) in [4.78, 5) is 35.9. The minimum absolute atomic E-state index is 0.0452. The molecule has 1 heterocycles. The molecular formula is C18H28N2O5. The highest BCUT2D eigenvalue weighted by Gasteiger charge is 2.37. The number of aliphatic carboxylic acids is 1. The third-order valence-corrected chi connectivity index (χ3v) is 5.08.